The molecule has 4 rings (SSSR count). The molecule has 40 heavy (non-hydrogen) atoms. The Balaban J connectivity index is 0.000000286. The molecule has 0 aliphatic heterocycles. The van der Waals surface area contributed by atoms with Crippen molar-refractivity contribution in [3.8, 4) is 17.2 Å². The second-order valence-electron chi connectivity index (χ2n) is 7.77. The third-order valence-corrected chi connectivity index (χ3v) is 13.6. The Morgan fingerprint density at radius 1 is 0.575 bits per heavy atom. The van der Waals surface area contributed by atoms with Gasteiger partial charge in [-0.15, -0.1) is 0 Å². The quantitative estimate of drug-likeness (QED) is 0.224. The van der Waals surface area contributed by atoms with Crippen LogP contribution in [0.2, 0.25) is 15.1 Å². The summed E-state index contributed by atoms with van der Waals surface area (Å²) in [6.45, 7) is 8.01. The summed E-state index contributed by atoms with van der Waals surface area (Å²) >= 11 is 26.0. The van der Waals surface area contributed by atoms with Crippen molar-refractivity contribution in [2.45, 2.75) is 27.7 Å². The zero-order valence-electron chi connectivity index (χ0n) is 21.7. The highest BCUT2D eigenvalue weighted by atomic mass is 35.5. The van der Waals surface area contributed by atoms with Crippen LogP contribution in [0.3, 0.4) is 0 Å². The van der Waals surface area contributed by atoms with E-state index in [1.165, 1.54) is 41.3 Å². The lowest BCUT2D eigenvalue weighted by Gasteiger charge is -2.07. The number of hydrogen-bond acceptors (Lipinski definition) is 6. The van der Waals surface area contributed by atoms with Crippen LogP contribution in [-0.2, 0) is 66.8 Å². The van der Waals surface area contributed by atoms with Crippen molar-refractivity contribution in [2.24, 2.45) is 0 Å². The van der Waals surface area contributed by atoms with E-state index in [0.717, 1.165) is 16.9 Å². The number of ether oxygens (including phenoxy) is 1. The normalized spacial score (nSPS) is 9.18. The van der Waals surface area contributed by atoms with Crippen LogP contribution in [-0.4, -0.2) is 15.1 Å². The van der Waals surface area contributed by atoms with E-state index in [2.05, 4.69) is 38.4 Å². The molecule has 2 heterocycles. The average molecular weight is 728 g/mol. The maximum atomic E-state index is 8.99. The fourth-order valence-electron chi connectivity index (χ4n) is 2.95. The van der Waals surface area contributed by atoms with Crippen molar-refractivity contribution in [2.75, 3.05) is 0 Å². The van der Waals surface area contributed by atoms with Crippen LogP contribution in [0.4, 0.5) is 0 Å². The van der Waals surface area contributed by atoms with Crippen LogP contribution in [0.25, 0.3) is 0 Å². The minimum Gasteiger partial charge on any atom is -0.508 e. The molecule has 0 saturated carbocycles. The smallest absolute Gasteiger partial charge is 0.147 e. The van der Waals surface area contributed by atoms with Gasteiger partial charge in [0.05, 0.1) is 21.3 Å². The highest BCUT2D eigenvalue weighted by Gasteiger charge is 2.00. The predicted octanol–water partition coefficient (Wildman–Crippen LogP) is 8.52. The van der Waals surface area contributed by atoms with Crippen LogP contribution in [0.15, 0.2) is 73.3 Å². The van der Waals surface area contributed by atoms with E-state index < -0.39 is 0 Å². The fourth-order valence-corrected chi connectivity index (χ4v) is 11.7. The zero-order valence-corrected chi connectivity index (χ0v) is 29.7. The van der Waals surface area contributed by atoms with Crippen molar-refractivity contribution >= 4 is 102 Å². The van der Waals surface area contributed by atoms with Gasteiger partial charge >= 0.3 is 0 Å². The van der Waals surface area contributed by atoms with E-state index in [0.29, 0.717) is 26.6 Å². The highest BCUT2D eigenvalue weighted by Crippen LogP contribution is 2.24. The van der Waals surface area contributed by atoms with Gasteiger partial charge in [0.1, 0.15) is 17.2 Å². The van der Waals surface area contributed by atoms with Crippen LogP contribution >= 0.6 is 34.8 Å². The molecular formula is C26H25Cl3N2O2S7. The summed E-state index contributed by atoms with van der Waals surface area (Å²) in [6.07, 6.45) is 6.29. The highest BCUT2D eigenvalue weighted by molar-refractivity contribution is 8.68. The molecule has 2 aromatic heterocycles. The number of benzene rings is 2. The van der Waals surface area contributed by atoms with Crippen molar-refractivity contribution in [3.05, 3.63) is 111 Å². The largest absolute Gasteiger partial charge is 0.508 e. The van der Waals surface area contributed by atoms with E-state index in [4.69, 9.17) is 44.6 Å². The maximum Gasteiger partial charge on any atom is 0.147 e. The second kappa shape index (κ2) is 21.5. The van der Waals surface area contributed by atoms with Gasteiger partial charge < -0.3 is 9.84 Å². The molecular weight excluding hydrogens is 703 g/mol. The lowest BCUT2D eigenvalue weighted by Crippen LogP contribution is -1.87. The maximum absolute atomic E-state index is 8.99. The van der Waals surface area contributed by atoms with Gasteiger partial charge in [-0.1, -0.05) is 46.9 Å². The minimum atomic E-state index is 0.354. The Hall–Kier alpha value is -1.25. The Bertz CT molecular complexity index is 1500. The summed E-state index contributed by atoms with van der Waals surface area (Å²) in [4.78, 5) is 7.69. The number of rotatable bonds is 2. The lowest BCUT2D eigenvalue weighted by atomic mass is 10.1. The van der Waals surface area contributed by atoms with E-state index in [9.17, 15) is 0 Å². The molecule has 0 bridgehead atoms. The average Bonchev–Trinajstić information content (AvgIpc) is 2.84. The molecule has 0 spiro atoms. The molecule has 0 atom stereocenters. The first-order valence-electron chi connectivity index (χ1n) is 11.0. The first-order valence-corrected chi connectivity index (χ1v) is 20.1. The number of phenolic OH excluding ortho intramolecular Hbond substituents is 1. The number of aromatic hydroxyl groups is 1. The molecule has 4 nitrogen and oxygen atoms in total. The molecule has 0 fully saturated rings. The van der Waals surface area contributed by atoms with Gasteiger partial charge in [-0.2, -0.15) is 0 Å². The lowest BCUT2D eigenvalue weighted by molar-refractivity contribution is 0.474. The number of pyridine rings is 2. The van der Waals surface area contributed by atoms with Crippen LogP contribution in [0.5, 0.6) is 17.2 Å². The molecule has 0 saturated heterocycles. The Morgan fingerprint density at radius 3 is 1.38 bits per heavy atom. The van der Waals surface area contributed by atoms with Gasteiger partial charge in [0.25, 0.3) is 0 Å². The number of hydrogen-bond donors (Lipinski definition) is 1. The predicted molar refractivity (Wildman–Crippen MR) is 189 cm³/mol. The number of aromatic nitrogens is 2. The molecule has 0 radical (unpaired) electrons. The van der Waals surface area contributed by atoms with Gasteiger partial charge in [0.15, 0.2) is 0 Å². The Labute approximate surface area is 274 Å². The summed E-state index contributed by atoms with van der Waals surface area (Å²) in [5.41, 5.74) is 4.55. The van der Waals surface area contributed by atoms with Crippen LogP contribution in [0.1, 0.15) is 22.3 Å². The number of halogens is 3. The van der Waals surface area contributed by atoms with E-state index in [1.54, 1.807) is 63.3 Å². The number of nitrogens with zero attached hydrogens (tertiary/aromatic N) is 2. The molecule has 0 aliphatic rings. The first-order chi connectivity index (χ1) is 19.0. The first kappa shape index (κ1) is 36.8. The van der Waals surface area contributed by atoms with E-state index in [-0.39, 0.29) is 0 Å². The van der Waals surface area contributed by atoms with E-state index in [1.807, 2.05) is 45.9 Å². The molecule has 2 aromatic carbocycles. The summed E-state index contributed by atoms with van der Waals surface area (Å²) in [7, 11) is 7.36. The van der Waals surface area contributed by atoms with Crippen molar-refractivity contribution in [3.63, 3.8) is 0 Å². The molecule has 0 amide bonds. The van der Waals surface area contributed by atoms with Gasteiger partial charge in [0.2, 0.25) is 0 Å². The molecule has 4 aromatic rings. The second-order valence-corrected chi connectivity index (χ2v) is 17.9. The SMILES string of the molecule is Cc1cc(C)cc(O)c1.Cc1cc(C)cc(Oc2cncc(Cl)c2)c1.Clc1cncc(Cl)c1.S=S=S=S=S=S=S. The van der Waals surface area contributed by atoms with Crippen LogP contribution in [0, 0.1) is 27.7 Å². The molecule has 1 N–H and O–H groups in total. The third-order valence-electron chi connectivity index (χ3n) is 4.10. The Morgan fingerprint density at radius 2 is 1.00 bits per heavy atom. The summed E-state index contributed by atoms with van der Waals surface area (Å²) < 4.78 is 5.67. The van der Waals surface area contributed by atoms with Gasteiger partial charge in [-0.3, -0.25) is 9.97 Å². The summed E-state index contributed by atoms with van der Waals surface area (Å²) in [5.74, 6) is 1.81. The number of aryl methyl sites for hydroxylation is 4. The monoisotopic (exact) mass is 726 g/mol. The standard InChI is InChI=1S/C13H12ClNO.C8H10O.C5H3Cl2N.S7/c1-9-3-10(2)5-12(4-9)16-13-6-11(14)7-15-8-13;1-6-3-7(2)5-8(9)4-6;6-4-1-5(7)3-8-2-4;1-3-5-7-6-4-2/h3-8H,1-2H3;3-5,9H,1-2H3;1-3H;. The molecule has 0 aliphatic carbocycles. The molecule has 0 unspecified atom stereocenters. The van der Waals surface area contributed by atoms with E-state index >= 15 is 0 Å². The minimum absolute atomic E-state index is 0.354. The molecule has 214 valence electrons. The van der Waals surface area contributed by atoms with Crippen molar-refractivity contribution in [1.29, 1.82) is 0 Å². The van der Waals surface area contributed by atoms with Crippen molar-refractivity contribution in [1.82, 2.24) is 9.97 Å². The third kappa shape index (κ3) is 18.2. The fraction of sp³-hybridized carbons (Fsp3) is 0.154. The topological polar surface area (TPSA) is 55.2 Å². The van der Waals surface area contributed by atoms with Crippen molar-refractivity contribution < 1.29 is 9.84 Å². The van der Waals surface area contributed by atoms with Gasteiger partial charge in [0, 0.05) is 91.4 Å². The Kier molecular flexibility index (Phi) is 19.7. The van der Waals surface area contributed by atoms with Gasteiger partial charge in [-0.05, 0) is 80.3 Å². The zero-order chi connectivity index (χ0) is 29.9. The van der Waals surface area contributed by atoms with Gasteiger partial charge in [-0.25, -0.2) is 0 Å². The molecule has 14 heteroatoms. The number of phenols is 1. The van der Waals surface area contributed by atoms with Crippen LogP contribution < -0.4 is 4.74 Å². The summed E-state index contributed by atoms with van der Waals surface area (Å²) in [6, 6.07) is 15.0. The summed E-state index contributed by atoms with van der Waals surface area (Å²) in [5, 5.41) is 10.7.